The summed E-state index contributed by atoms with van der Waals surface area (Å²) >= 11 is 0. The summed E-state index contributed by atoms with van der Waals surface area (Å²) in [5.41, 5.74) is 0. The molecule has 1 rings (SSSR count). The lowest BCUT2D eigenvalue weighted by Gasteiger charge is -2.20. The Morgan fingerprint density at radius 1 is 1.41 bits per heavy atom. The number of aryl methyl sites for hydroxylation is 1. The van der Waals surface area contributed by atoms with E-state index in [2.05, 4.69) is 15.3 Å². The Bertz CT molecular complexity index is 356. The molecule has 0 unspecified atom stereocenters. The van der Waals surface area contributed by atoms with E-state index >= 15 is 0 Å². The Morgan fingerprint density at radius 3 is 2.65 bits per heavy atom. The van der Waals surface area contributed by atoms with E-state index in [9.17, 15) is 5.11 Å². The smallest absolute Gasteiger partial charge is 0.218 e. The van der Waals surface area contributed by atoms with Crippen molar-refractivity contribution in [3.05, 3.63) is 11.9 Å². The molecule has 0 aliphatic rings. The van der Waals surface area contributed by atoms with E-state index in [-0.39, 0.29) is 12.6 Å². The van der Waals surface area contributed by atoms with Crippen molar-refractivity contribution in [2.24, 2.45) is 5.92 Å². The first-order chi connectivity index (χ1) is 8.06. The highest BCUT2D eigenvalue weighted by atomic mass is 16.5. The first-order valence-corrected chi connectivity index (χ1v) is 5.92. The molecule has 0 spiro atoms. The molecule has 2 N–H and O–H groups in total. The number of hydrogen-bond donors (Lipinski definition) is 2. The molecular formula is C12H21N3O2. The van der Waals surface area contributed by atoms with E-state index in [0.717, 1.165) is 0 Å². The van der Waals surface area contributed by atoms with Crippen LogP contribution in [0, 0.1) is 12.8 Å². The maximum Gasteiger partial charge on any atom is 0.218 e. The number of rotatable bonds is 6. The average Bonchev–Trinajstić information content (AvgIpc) is 2.25. The van der Waals surface area contributed by atoms with Gasteiger partial charge in [0.25, 0.3) is 0 Å². The van der Waals surface area contributed by atoms with E-state index in [1.807, 2.05) is 27.7 Å². The van der Waals surface area contributed by atoms with E-state index in [1.54, 1.807) is 6.07 Å². The van der Waals surface area contributed by atoms with Gasteiger partial charge in [0.2, 0.25) is 5.88 Å². The van der Waals surface area contributed by atoms with Gasteiger partial charge in [-0.3, -0.25) is 0 Å². The van der Waals surface area contributed by atoms with Gasteiger partial charge in [-0.1, -0.05) is 13.8 Å². The SMILES string of the molecule is CCOc1cc(N[C@H](CO)C(C)C)nc(C)n1. The zero-order chi connectivity index (χ0) is 12.8. The number of anilines is 1. The van der Waals surface area contributed by atoms with Crippen LogP contribution in [0.4, 0.5) is 5.82 Å². The summed E-state index contributed by atoms with van der Waals surface area (Å²) in [6.07, 6.45) is 0. The lowest BCUT2D eigenvalue weighted by molar-refractivity contribution is 0.249. The second-order valence-corrected chi connectivity index (χ2v) is 4.25. The summed E-state index contributed by atoms with van der Waals surface area (Å²) in [5, 5.41) is 12.4. The number of hydrogen-bond acceptors (Lipinski definition) is 5. The molecule has 0 aliphatic carbocycles. The van der Waals surface area contributed by atoms with Gasteiger partial charge in [0.1, 0.15) is 11.6 Å². The predicted molar refractivity (Wildman–Crippen MR) is 67.3 cm³/mol. The summed E-state index contributed by atoms with van der Waals surface area (Å²) in [4.78, 5) is 8.44. The fourth-order valence-electron chi connectivity index (χ4n) is 1.45. The molecule has 5 nitrogen and oxygen atoms in total. The van der Waals surface area contributed by atoms with Gasteiger partial charge < -0.3 is 15.2 Å². The van der Waals surface area contributed by atoms with Gasteiger partial charge in [0, 0.05) is 6.07 Å². The fourth-order valence-corrected chi connectivity index (χ4v) is 1.45. The molecule has 0 fully saturated rings. The predicted octanol–water partition coefficient (Wildman–Crippen LogP) is 1.61. The molecule has 1 aromatic rings. The molecule has 1 heterocycles. The molecule has 0 aromatic carbocycles. The van der Waals surface area contributed by atoms with Crippen LogP contribution in [0.5, 0.6) is 5.88 Å². The van der Waals surface area contributed by atoms with Gasteiger partial charge in [-0.05, 0) is 19.8 Å². The van der Waals surface area contributed by atoms with Crippen molar-refractivity contribution >= 4 is 5.82 Å². The van der Waals surface area contributed by atoms with Crippen LogP contribution in [-0.2, 0) is 0 Å². The Hall–Kier alpha value is -1.36. The fraction of sp³-hybridized carbons (Fsp3) is 0.667. The molecule has 0 radical (unpaired) electrons. The van der Waals surface area contributed by atoms with Crippen LogP contribution in [0.2, 0.25) is 0 Å². The molecule has 0 amide bonds. The summed E-state index contributed by atoms with van der Waals surface area (Å²) in [5.74, 6) is 2.22. The normalized spacial score (nSPS) is 12.6. The third-order valence-electron chi connectivity index (χ3n) is 2.44. The van der Waals surface area contributed by atoms with Crippen LogP contribution >= 0.6 is 0 Å². The standard InChI is InChI=1S/C12H21N3O2/c1-5-17-12-6-11(13-9(4)14-12)15-10(7-16)8(2)3/h6,8,10,16H,5,7H2,1-4H3,(H,13,14,15)/t10-/m1/s1. The Balaban J connectivity index is 2.82. The highest BCUT2D eigenvalue weighted by Gasteiger charge is 2.13. The first-order valence-electron chi connectivity index (χ1n) is 5.92. The highest BCUT2D eigenvalue weighted by molar-refractivity contribution is 5.39. The van der Waals surface area contributed by atoms with Gasteiger partial charge in [-0.15, -0.1) is 0 Å². The molecule has 1 atom stereocenters. The molecule has 0 bridgehead atoms. The van der Waals surface area contributed by atoms with Gasteiger partial charge in [-0.2, -0.15) is 4.98 Å². The second-order valence-electron chi connectivity index (χ2n) is 4.25. The minimum Gasteiger partial charge on any atom is -0.478 e. The van der Waals surface area contributed by atoms with Crippen molar-refractivity contribution < 1.29 is 9.84 Å². The molecule has 5 heteroatoms. The summed E-state index contributed by atoms with van der Waals surface area (Å²) in [6, 6.07) is 1.74. The van der Waals surface area contributed by atoms with E-state index < -0.39 is 0 Å². The van der Waals surface area contributed by atoms with Gasteiger partial charge in [0.15, 0.2) is 0 Å². The third kappa shape index (κ3) is 4.19. The van der Waals surface area contributed by atoms with E-state index in [0.29, 0.717) is 30.0 Å². The van der Waals surface area contributed by atoms with Crippen molar-refractivity contribution in [2.75, 3.05) is 18.5 Å². The zero-order valence-corrected chi connectivity index (χ0v) is 10.9. The second kappa shape index (κ2) is 6.39. The summed E-state index contributed by atoms with van der Waals surface area (Å²) in [6.45, 7) is 8.47. The topological polar surface area (TPSA) is 67.3 Å². The molecule has 0 saturated heterocycles. The van der Waals surface area contributed by atoms with Crippen molar-refractivity contribution in [3.63, 3.8) is 0 Å². The molecule has 96 valence electrons. The molecule has 0 aliphatic heterocycles. The minimum atomic E-state index is -0.0150. The van der Waals surface area contributed by atoms with Crippen LogP contribution in [-0.4, -0.2) is 34.3 Å². The molecule has 0 saturated carbocycles. The van der Waals surface area contributed by atoms with Crippen LogP contribution in [0.15, 0.2) is 6.07 Å². The van der Waals surface area contributed by atoms with Gasteiger partial charge >= 0.3 is 0 Å². The number of nitrogens with one attached hydrogen (secondary N) is 1. The lowest BCUT2D eigenvalue weighted by atomic mass is 10.1. The van der Waals surface area contributed by atoms with Crippen LogP contribution < -0.4 is 10.1 Å². The molecule has 17 heavy (non-hydrogen) atoms. The number of aromatic nitrogens is 2. The maximum atomic E-state index is 9.26. The number of nitrogens with zero attached hydrogens (tertiary/aromatic N) is 2. The van der Waals surface area contributed by atoms with Gasteiger partial charge in [-0.25, -0.2) is 4.98 Å². The average molecular weight is 239 g/mol. The molecule has 1 aromatic heterocycles. The van der Waals surface area contributed by atoms with Crippen molar-refractivity contribution in [3.8, 4) is 5.88 Å². The van der Waals surface area contributed by atoms with Crippen LogP contribution in [0.3, 0.4) is 0 Å². The lowest BCUT2D eigenvalue weighted by Crippen LogP contribution is -2.30. The van der Waals surface area contributed by atoms with E-state index in [1.165, 1.54) is 0 Å². The number of ether oxygens (including phenoxy) is 1. The largest absolute Gasteiger partial charge is 0.478 e. The zero-order valence-electron chi connectivity index (χ0n) is 10.9. The number of aliphatic hydroxyl groups excluding tert-OH is 1. The third-order valence-corrected chi connectivity index (χ3v) is 2.44. The Morgan fingerprint density at radius 2 is 2.12 bits per heavy atom. The van der Waals surface area contributed by atoms with Crippen LogP contribution in [0.1, 0.15) is 26.6 Å². The van der Waals surface area contributed by atoms with E-state index in [4.69, 9.17) is 4.74 Å². The summed E-state index contributed by atoms with van der Waals surface area (Å²) < 4.78 is 5.35. The van der Waals surface area contributed by atoms with Gasteiger partial charge in [0.05, 0.1) is 19.3 Å². The highest BCUT2D eigenvalue weighted by Crippen LogP contribution is 2.16. The Kier molecular flexibility index (Phi) is 5.15. The van der Waals surface area contributed by atoms with Crippen LogP contribution in [0.25, 0.3) is 0 Å². The first kappa shape index (κ1) is 13.7. The molecular weight excluding hydrogens is 218 g/mol. The maximum absolute atomic E-state index is 9.26. The Labute approximate surface area is 102 Å². The van der Waals surface area contributed by atoms with Crippen molar-refractivity contribution in [1.82, 2.24) is 9.97 Å². The monoisotopic (exact) mass is 239 g/mol. The minimum absolute atomic E-state index is 0.0150. The number of aliphatic hydroxyl groups is 1. The summed E-state index contributed by atoms with van der Waals surface area (Å²) in [7, 11) is 0. The van der Waals surface area contributed by atoms with Crippen molar-refractivity contribution in [1.29, 1.82) is 0 Å². The van der Waals surface area contributed by atoms with Crippen molar-refractivity contribution in [2.45, 2.75) is 33.7 Å². The quantitative estimate of drug-likeness (QED) is 0.789.